The molecule has 0 radical (unpaired) electrons. The van der Waals surface area contributed by atoms with Gasteiger partial charge in [-0.1, -0.05) is 25.1 Å². The van der Waals surface area contributed by atoms with Gasteiger partial charge in [-0.15, -0.1) is 0 Å². The monoisotopic (exact) mass is 377 g/mol. The van der Waals surface area contributed by atoms with Gasteiger partial charge in [0.25, 0.3) is 5.91 Å². The molecule has 8 heteroatoms. The number of benzene rings is 1. The first kappa shape index (κ1) is 18.4. The number of hydrogen-bond donors (Lipinski definition) is 1. The van der Waals surface area contributed by atoms with Crippen molar-refractivity contribution in [1.82, 2.24) is 9.78 Å². The molecule has 2 heterocycles. The van der Waals surface area contributed by atoms with Gasteiger partial charge < -0.3 is 10.1 Å². The molecule has 1 amide bonds. The smallest absolute Gasteiger partial charge is 0.263 e. The maximum atomic E-state index is 12.3. The molecule has 7 nitrogen and oxygen atoms in total. The minimum absolute atomic E-state index is 0.0529. The van der Waals surface area contributed by atoms with Gasteiger partial charge in [-0.3, -0.25) is 4.79 Å². The van der Waals surface area contributed by atoms with Crippen LogP contribution in [0.25, 0.3) is 0 Å². The molecule has 1 aromatic heterocycles. The number of nitrogens with zero attached hydrogens (tertiary/aromatic N) is 2. The molecule has 26 heavy (non-hydrogen) atoms. The maximum Gasteiger partial charge on any atom is 0.263 e. The topological polar surface area (TPSA) is 90.3 Å². The number of aryl methyl sites for hydroxylation is 2. The molecule has 1 saturated heterocycles. The highest BCUT2D eigenvalue weighted by Gasteiger charge is 2.31. The Balaban J connectivity index is 1.66. The normalized spacial score (nSPS) is 18.6. The zero-order chi connectivity index (χ0) is 18.7. The Labute approximate surface area is 153 Å². The summed E-state index contributed by atoms with van der Waals surface area (Å²) >= 11 is 0. The summed E-state index contributed by atoms with van der Waals surface area (Å²) in [7, 11) is -3.03. The van der Waals surface area contributed by atoms with Crippen LogP contribution < -0.4 is 10.1 Å². The average Bonchev–Trinajstić information content (AvgIpc) is 3.14. The Morgan fingerprint density at radius 3 is 2.85 bits per heavy atom. The Bertz CT molecular complexity index is 905. The first-order valence-electron chi connectivity index (χ1n) is 8.65. The summed E-state index contributed by atoms with van der Waals surface area (Å²) < 4.78 is 30.7. The second kappa shape index (κ2) is 7.49. The molecule has 0 spiro atoms. The first-order valence-corrected chi connectivity index (χ1v) is 10.5. The lowest BCUT2D eigenvalue weighted by Gasteiger charge is -2.14. The van der Waals surface area contributed by atoms with Crippen molar-refractivity contribution in [3.8, 4) is 5.75 Å². The molecule has 1 aromatic carbocycles. The second-order valence-electron chi connectivity index (χ2n) is 6.47. The summed E-state index contributed by atoms with van der Waals surface area (Å²) in [6.07, 6.45) is 1.33. The summed E-state index contributed by atoms with van der Waals surface area (Å²) in [5, 5.41) is 7.14. The number of rotatable bonds is 6. The number of hydrogen-bond acceptors (Lipinski definition) is 5. The Morgan fingerprint density at radius 1 is 1.38 bits per heavy atom. The number of para-hydroxylation sites is 1. The van der Waals surface area contributed by atoms with E-state index in [2.05, 4.69) is 10.4 Å². The van der Waals surface area contributed by atoms with Gasteiger partial charge in [0.05, 0.1) is 23.2 Å². The van der Waals surface area contributed by atoms with Crippen LogP contribution in [0.3, 0.4) is 0 Å². The van der Waals surface area contributed by atoms with Gasteiger partial charge in [-0.05, 0) is 31.4 Å². The van der Waals surface area contributed by atoms with Gasteiger partial charge in [0.2, 0.25) is 0 Å². The van der Waals surface area contributed by atoms with Gasteiger partial charge >= 0.3 is 0 Å². The third-order valence-electron chi connectivity index (χ3n) is 4.39. The molecule has 1 unspecified atom stereocenters. The highest BCUT2D eigenvalue weighted by Crippen LogP contribution is 2.27. The molecule has 1 fully saturated rings. The minimum atomic E-state index is -3.03. The van der Waals surface area contributed by atoms with Crippen molar-refractivity contribution < 1.29 is 17.9 Å². The zero-order valence-corrected chi connectivity index (χ0v) is 15.8. The highest BCUT2D eigenvalue weighted by molar-refractivity contribution is 7.91. The van der Waals surface area contributed by atoms with Crippen LogP contribution in [0.5, 0.6) is 5.75 Å². The molecule has 1 aliphatic heterocycles. The van der Waals surface area contributed by atoms with Crippen molar-refractivity contribution in [3.63, 3.8) is 0 Å². The SMILES string of the molecule is CCc1ccccc1OCC(=O)Nc1cc(C)nn1C1CCS(=O)(=O)C1. The molecular weight excluding hydrogens is 354 g/mol. The van der Waals surface area contributed by atoms with Crippen molar-refractivity contribution in [2.45, 2.75) is 32.7 Å². The number of carbonyl (C=O) groups is 1. The van der Waals surface area contributed by atoms with E-state index in [0.29, 0.717) is 18.0 Å². The number of nitrogens with one attached hydrogen (secondary N) is 1. The fourth-order valence-electron chi connectivity index (χ4n) is 3.12. The Kier molecular flexibility index (Phi) is 5.31. The van der Waals surface area contributed by atoms with E-state index in [1.165, 1.54) is 0 Å². The van der Waals surface area contributed by atoms with Crippen LogP contribution in [-0.4, -0.2) is 42.2 Å². The molecule has 0 saturated carbocycles. The number of amides is 1. The number of sulfone groups is 1. The summed E-state index contributed by atoms with van der Waals surface area (Å²) in [5.41, 5.74) is 1.76. The van der Waals surface area contributed by atoms with Crippen LogP contribution in [0.1, 0.15) is 30.6 Å². The molecule has 2 aromatic rings. The van der Waals surface area contributed by atoms with Crippen LogP contribution in [0, 0.1) is 6.92 Å². The molecule has 0 aliphatic carbocycles. The van der Waals surface area contributed by atoms with Crippen molar-refractivity contribution in [1.29, 1.82) is 0 Å². The van der Waals surface area contributed by atoms with Gasteiger partial charge in [0, 0.05) is 6.07 Å². The average molecular weight is 377 g/mol. The number of anilines is 1. The highest BCUT2D eigenvalue weighted by atomic mass is 32.2. The van der Waals surface area contributed by atoms with Crippen LogP contribution in [-0.2, 0) is 21.1 Å². The number of carbonyl (C=O) groups excluding carboxylic acids is 1. The van der Waals surface area contributed by atoms with Crippen LogP contribution in [0.4, 0.5) is 5.82 Å². The van der Waals surface area contributed by atoms with E-state index in [1.54, 1.807) is 10.7 Å². The van der Waals surface area contributed by atoms with Crippen molar-refractivity contribution >= 4 is 21.6 Å². The molecule has 1 aliphatic rings. The Hall–Kier alpha value is -2.35. The van der Waals surface area contributed by atoms with E-state index in [-0.39, 0.29) is 30.1 Å². The van der Waals surface area contributed by atoms with Crippen LogP contribution in [0.15, 0.2) is 30.3 Å². The Morgan fingerprint density at radius 2 is 2.15 bits per heavy atom. The molecular formula is C18H23N3O4S. The van der Waals surface area contributed by atoms with Gasteiger partial charge in [0.1, 0.15) is 11.6 Å². The van der Waals surface area contributed by atoms with Crippen molar-refractivity contribution in [3.05, 3.63) is 41.6 Å². The lowest BCUT2D eigenvalue weighted by Crippen LogP contribution is -2.24. The van der Waals surface area contributed by atoms with Gasteiger partial charge in [-0.25, -0.2) is 13.1 Å². The summed E-state index contributed by atoms with van der Waals surface area (Å²) in [6.45, 7) is 3.72. The van der Waals surface area contributed by atoms with E-state index in [1.807, 2.05) is 38.1 Å². The molecule has 140 valence electrons. The minimum Gasteiger partial charge on any atom is -0.483 e. The first-order chi connectivity index (χ1) is 12.4. The lowest BCUT2D eigenvalue weighted by atomic mass is 10.1. The van der Waals surface area contributed by atoms with Gasteiger partial charge in [-0.2, -0.15) is 5.10 Å². The molecule has 0 bridgehead atoms. The largest absolute Gasteiger partial charge is 0.483 e. The third-order valence-corrected chi connectivity index (χ3v) is 6.14. The summed E-state index contributed by atoms with van der Waals surface area (Å²) in [5.74, 6) is 1.09. The van der Waals surface area contributed by atoms with E-state index >= 15 is 0 Å². The standard InChI is InChI=1S/C18H23N3O4S/c1-3-14-6-4-5-7-16(14)25-11-18(22)19-17-10-13(2)20-21(17)15-8-9-26(23,24)12-15/h4-7,10,15H,3,8-9,11-12H2,1-2H3,(H,19,22). The van der Waals surface area contributed by atoms with Crippen molar-refractivity contribution in [2.24, 2.45) is 0 Å². The van der Waals surface area contributed by atoms with E-state index < -0.39 is 9.84 Å². The van der Waals surface area contributed by atoms with Crippen LogP contribution in [0.2, 0.25) is 0 Å². The second-order valence-corrected chi connectivity index (χ2v) is 8.70. The quantitative estimate of drug-likeness (QED) is 0.833. The summed E-state index contributed by atoms with van der Waals surface area (Å²) in [6, 6.07) is 9.10. The molecule has 1 atom stereocenters. The van der Waals surface area contributed by atoms with E-state index in [0.717, 1.165) is 17.7 Å². The fourth-order valence-corrected chi connectivity index (χ4v) is 4.81. The lowest BCUT2D eigenvalue weighted by molar-refractivity contribution is -0.118. The van der Waals surface area contributed by atoms with Gasteiger partial charge in [0.15, 0.2) is 16.4 Å². The van der Waals surface area contributed by atoms with E-state index in [9.17, 15) is 13.2 Å². The molecule has 3 rings (SSSR count). The summed E-state index contributed by atoms with van der Waals surface area (Å²) in [4.78, 5) is 12.3. The third kappa shape index (κ3) is 4.24. The van der Waals surface area contributed by atoms with Crippen molar-refractivity contribution in [2.75, 3.05) is 23.4 Å². The van der Waals surface area contributed by atoms with Crippen LogP contribution >= 0.6 is 0 Å². The fraction of sp³-hybridized carbons (Fsp3) is 0.444. The molecule has 1 N–H and O–H groups in total. The predicted octanol–water partition coefficient (Wildman–Crippen LogP) is 2.13. The zero-order valence-electron chi connectivity index (χ0n) is 14.9. The number of ether oxygens (including phenoxy) is 1. The maximum absolute atomic E-state index is 12.3. The number of aromatic nitrogens is 2. The predicted molar refractivity (Wildman–Crippen MR) is 99.2 cm³/mol. The van der Waals surface area contributed by atoms with E-state index in [4.69, 9.17) is 4.74 Å².